The smallest absolute Gasteiger partial charge is 0.0471 e. The molecule has 1 heterocycles. The molecular weight excluding hydrogens is 242 g/mol. The summed E-state index contributed by atoms with van der Waals surface area (Å²) < 4.78 is 6.38. The molecule has 2 N–H and O–H groups in total. The lowest BCUT2D eigenvalue weighted by Gasteiger charge is -2.23. The fourth-order valence-electron chi connectivity index (χ4n) is 1.93. The van der Waals surface area contributed by atoms with E-state index in [4.69, 9.17) is 10.5 Å². The zero-order valence-corrected chi connectivity index (χ0v) is 9.59. The highest BCUT2D eigenvalue weighted by Crippen LogP contribution is 2.32. The summed E-state index contributed by atoms with van der Waals surface area (Å²) in [6.45, 7) is 1.72. The average Bonchev–Trinajstić information content (AvgIpc) is 2.19. The molecule has 0 spiro atoms. The van der Waals surface area contributed by atoms with E-state index in [0.717, 1.165) is 36.2 Å². The number of nitrogens with two attached hydrogens (primary N) is 1. The van der Waals surface area contributed by atoms with Crippen LogP contribution in [0.3, 0.4) is 0 Å². The minimum atomic E-state index is 0.580. The summed E-state index contributed by atoms with van der Waals surface area (Å²) in [4.78, 5) is 0. The lowest BCUT2D eigenvalue weighted by Crippen LogP contribution is -2.15. The quantitative estimate of drug-likeness (QED) is 0.784. The van der Waals surface area contributed by atoms with Gasteiger partial charge in [0, 0.05) is 23.4 Å². The van der Waals surface area contributed by atoms with Gasteiger partial charge in [-0.2, -0.15) is 0 Å². The Bertz CT molecular complexity index is 321. The van der Waals surface area contributed by atoms with Crippen LogP contribution in [0.2, 0.25) is 0 Å². The molecule has 0 aliphatic carbocycles. The lowest BCUT2D eigenvalue weighted by molar-refractivity contribution is 0.0855. The first-order valence-corrected chi connectivity index (χ1v) is 5.69. The van der Waals surface area contributed by atoms with Gasteiger partial charge >= 0.3 is 0 Å². The Morgan fingerprint density at radius 1 is 1.29 bits per heavy atom. The Kier molecular flexibility index (Phi) is 3.08. The highest BCUT2D eigenvalue weighted by atomic mass is 79.9. The van der Waals surface area contributed by atoms with E-state index in [-0.39, 0.29) is 0 Å². The van der Waals surface area contributed by atoms with Crippen molar-refractivity contribution < 1.29 is 4.74 Å². The second kappa shape index (κ2) is 4.32. The number of hydrogen-bond acceptors (Lipinski definition) is 2. The number of nitrogen functional groups attached to an aromatic ring is 1. The topological polar surface area (TPSA) is 35.2 Å². The lowest BCUT2D eigenvalue weighted by atomic mass is 9.91. The van der Waals surface area contributed by atoms with Gasteiger partial charge in [-0.15, -0.1) is 0 Å². The predicted molar refractivity (Wildman–Crippen MR) is 61.3 cm³/mol. The number of halogens is 1. The van der Waals surface area contributed by atoms with Crippen molar-refractivity contribution in [2.45, 2.75) is 18.8 Å². The summed E-state index contributed by atoms with van der Waals surface area (Å²) in [6, 6.07) is 6.15. The van der Waals surface area contributed by atoms with E-state index in [2.05, 4.69) is 28.1 Å². The van der Waals surface area contributed by atoms with Crippen molar-refractivity contribution in [3.8, 4) is 0 Å². The van der Waals surface area contributed by atoms with Gasteiger partial charge < -0.3 is 10.5 Å². The van der Waals surface area contributed by atoms with Crippen LogP contribution in [0.25, 0.3) is 0 Å². The third-order valence-electron chi connectivity index (χ3n) is 2.71. The third kappa shape index (κ3) is 2.10. The molecular formula is C11H14BrNO. The van der Waals surface area contributed by atoms with E-state index in [1.54, 1.807) is 0 Å². The van der Waals surface area contributed by atoms with Crippen LogP contribution in [0.1, 0.15) is 24.3 Å². The Hall–Kier alpha value is -0.540. The van der Waals surface area contributed by atoms with Crippen LogP contribution in [0, 0.1) is 0 Å². The molecule has 14 heavy (non-hydrogen) atoms. The molecule has 2 rings (SSSR count). The van der Waals surface area contributed by atoms with Gasteiger partial charge in [-0.25, -0.2) is 0 Å². The minimum absolute atomic E-state index is 0.580. The van der Waals surface area contributed by atoms with Gasteiger partial charge in [-0.05, 0) is 36.5 Å². The van der Waals surface area contributed by atoms with Crippen LogP contribution in [-0.4, -0.2) is 13.2 Å². The molecule has 3 heteroatoms. The van der Waals surface area contributed by atoms with E-state index >= 15 is 0 Å². The molecule has 1 saturated heterocycles. The van der Waals surface area contributed by atoms with Crippen molar-refractivity contribution in [1.82, 2.24) is 0 Å². The molecule has 1 aliphatic heterocycles. The molecule has 1 fully saturated rings. The molecule has 0 aromatic heterocycles. The summed E-state index contributed by atoms with van der Waals surface area (Å²) in [7, 11) is 0. The van der Waals surface area contributed by atoms with Crippen molar-refractivity contribution >= 4 is 21.6 Å². The summed E-state index contributed by atoms with van der Waals surface area (Å²) in [5, 5.41) is 0. The van der Waals surface area contributed by atoms with E-state index in [0.29, 0.717) is 5.92 Å². The van der Waals surface area contributed by atoms with Gasteiger partial charge in [-0.3, -0.25) is 0 Å². The summed E-state index contributed by atoms with van der Waals surface area (Å²) in [5.41, 5.74) is 8.15. The number of rotatable bonds is 1. The predicted octanol–water partition coefficient (Wildman–Crippen LogP) is 2.93. The highest BCUT2D eigenvalue weighted by Gasteiger charge is 2.17. The van der Waals surface area contributed by atoms with Crippen LogP contribution >= 0.6 is 15.9 Å². The Morgan fingerprint density at radius 3 is 2.64 bits per heavy atom. The molecule has 1 aromatic rings. The standard InChI is InChI=1S/C11H14BrNO/c12-9-1-2-10(11(13)7-9)8-3-5-14-6-4-8/h1-2,7-8H,3-6,13H2. The van der Waals surface area contributed by atoms with Crippen LogP contribution in [0.5, 0.6) is 0 Å². The monoisotopic (exact) mass is 255 g/mol. The first-order chi connectivity index (χ1) is 6.77. The number of benzene rings is 1. The zero-order chi connectivity index (χ0) is 9.97. The Labute approximate surface area is 92.6 Å². The number of hydrogen-bond donors (Lipinski definition) is 1. The molecule has 1 aliphatic rings. The Morgan fingerprint density at radius 2 is 2.00 bits per heavy atom. The number of ether oxygens (including phenoxy) is 1. The van der Waals surface area contributed by atoms with Crippen molar-refractivity contribution in [2.24, 2.45) is 0 Å². The van der Waals surface area contributed by atoms with Crippen LogP contribution < -0.4 is 5.73 Å². The van der Waals surface area contributed by atoms with Gasteiger partial charge in [0.1, 0.15) is 0 Å². The normalized spacial score (nSPS) is 18.4. The summed E-state index contributed by atoms with van der Waals surface area (Å²) in [5.74, 6) is 0.580. The van der Waals surface area contributed by atoms with E-state index in [1.807, 2.05) is 6.07 Å². The van der Waals surface area contributed by atoms with Crippen LogP contribution in [0.15, 0.2) is 22.7 Å². The maximum Gasteiger partial charge on any atom is 0.0471 e. The zero-order valence-electron chi connectivity index (χ0n) is 8.00. The van der Waals surface area contributed by atoms with E-state index in [9.17, 15) is 0 Å². The highest BCUT2D eigenvalue weighted by molar-refractivity contribution is 9.10. The molecule has 2 nitrogen and oxygen atoms in total. The van der Waals surface area contributed by atoms with Crippen molar-refractivity contribution in [1.29, 1.82) is 0 Å². The molecule has 76 valence electrons. The second-order valence-corrected chi connectivity index (χ2v) is 4.58. The first-order valence-electron chi connectivity index (χ1n) is 4.90. The SMILES string of the molecule is Nc1cc(Br)ccc1C1CCOCC1. The van der Waals surface area contributed by atoms with Gasteiger partial charge in [0.15, 0.2) is 0 Å². The summed E-state index contributed by atoms with van der Waals surface area (Å²) >= 11 is 3.42. The Balaban J connectivity index is 2.22. The van der Waals surface area contributed by atoms with Crippen molar-refractivity contribution in [3.63, 3.8) is 0 Å². The fourth-order valence-corrected chi connectivity index (χ4v) is 2.30. The van der Waals surface area contributed by atoms with Crippen LogP contribution in [-0.2, 0) is 4.74 Å². The fraction of sp³-hybridized carbons (Fsp3) is 0.455. The van der Waals surface area contributed by atoms with Crippen molar-refractivity contribution in [3.05, 3.63) is 28.2 Å². The molecule has 0 saturated carbocycles. The molecule has 0 amide bonds. The molecule has 0 unspecified atom stereocenters. The van der Waals surface area contributed by atoms with Gasteiger partial charge in [-0.1, -0.05) is 22.0 Å². The second-order valence-electron chi connectivity index (χ2n) is 3.66. The average molecular weight is 256 g/mol. The van der Waals surface area contributed by atoms with E-state index in [1.165, 1.54) is 5.56 Å². The van der Waals surface area contributed by atoms with Gasteiger partial charge in [0.25, 0.3) is 0 Å². The van der Waals surface area contributed by atoms with Gasteiger partial charge in [0.2, 0.25) is 0 Å². The molecule has 0 radical (unpaired) electrons. The maximum absolute atomic E-state index is 5.98. The third-order valence-corrected chi connectivity index (χ3v) is 3.20. The van der Waals surface area contributed by atoms with Crippen molar-refractivity contribution in [2.75, 3.05) is 18.9 Å². The minimum Gasteiger partial charge on any atom is -0.398 e. The van der Waals surface area contributed by atoms with E-state index < -0.39 is 0 Å². The van der Waals surface area contributed by atoms with Gasteiger partial charge in [0.05, 0.1) is 0 Å². The number of anilines is 1. The first kappa shape index (κ1) is 9.99. The maximum atomic E-state index is 5.98. The molecule has 0 atom stereocenters. The summed E-state index contributed by atoms with van der Waals surface area (Å²) in [6.07, 6.45) is 2.18. The molecule has 1 aromatic carbocycles. The largest absolute Gasteiger partial charge is 0.398 e. The van der Waals surface area contributed by atoms with Crippen LogP contribution in [0.4, 0.5) is 5.69 Å². The molecule has 0 bridgehead atoms.